The maximum absolute atomic E-state index is 14.5. The number of nitrogens with zero attached hydrogens (tertiary/aromatic N) is 3. The Balaban J connectivity index is 1.79. The Morgan fingerprint density at radius 1 is 1.32 bits per heavy atom. The van der Waals surface area contributed by atoms with E-state index in [9.17, 15) is 9.18 Å². The smallest absolute Gasteiger partial charge is 0.247 e. The fraction of sp³-hybridized carbons (Fsp3) is 0.269. The summed E-state index contributed by atoms with van der Waals surface area (Å²) >= 11 is 5.91. The van der Waals surface area contributed by atoms with Gasteiger partial charge in [0.25, 0.3) is 0 Å². The zero-order chi connectivity index (χ0) is 24.3. The second kappa shape index (κ2) is 9.80. The van der Waals surface area contributed by atoms with Crippen molar-refractivity contribution in [2.75, 3.05) is 30.8 Å². The van der Waals surface area contributed by atoms with Gasteiger partial charge in [0.05, 0.1) is 27.5 Å². The minimum Gasteiger partial charge on any atom is -0.337 e. The van der Waals surface area contributed by atoms with Gasteiger partial charge in [-0.2, -0.15) is 0 Å². The molecule has 6 nitrogen and oxygen atoms in total. The Morgan fingerprint density at radius 2 is 2.15 bits per heavy atom. The van der Waals surface area contributed by atoms with E-state index in [1.807, 2.05) is 0 Å². The first-order valence-corrected chi connectivity index (χ1v) is 11.3. The Hall–Kier alpha value is -3.47. The van der Waals surface area contributed by atoms with Gasteiger partial charge in [0, 0.05) is 17.3 Å². The largest absolute Gasteiger partial charge is 0.337 e. The van der Waals surface area contributed by atoms with Crippen LogP contribution < -0.4 is 10.6 Å². The summed E-state index contributed by atoms with van der Waals surface area (Å²) in [7, 11) is 2.10. The van der Waals surface area contributed by atoms with Gasteiger partial charge in [-0.1, -0.05) is 36.1 Å². The number of hydrogen-bond acceptors (Lipinski definition) is 5. The zero-order valence-electron chi connectivity index (χ0n) is 19.1. The summed E-state index contributed by atoms with van der Waals surface area (Å²) in [6.07, 6.45) is 4.68. The van der Waals surface area contributed by atoms with Gasteiger partial charge in [-0.25, -0.2) is 14.4 Å². The SMILES string of the molecule is C=CC(=O)Nc1cc2c(Nc3cccc(Cl)c3F)ncnc2cc1C#CC1(C)CCCN(C)C1. The third kappa shape index (κ3) is 5.19. The molecular weight excluding hydrogens is 453 g/mol. The van der Waals surface area contributed by atoms with Gasteiger partial charge in [-0.3, -0.25) is 4.79 Å². The van der Waals surface area contributed by atoms with Crippen LogP contribution in [-0.4, -0.2) is 40.9 Å². The lowest BCUT2D eigenvalue weighted by Crippen LogP contribution is -2.38. The first kappa shape index (κ1) is 23.7. The summed E-state index contributed by atoms with van der Waals surface area (Å²) in [4.78, 5) is 23.1. The van der Waals surface area contributed by atoms with Gasteiger partial charge >= 0.3 is 0 Å². The second-order valence-electron chi connectivity index (χ2n) is 8.71. The number of carbonyl (C=O) groups excluding carboxylic acids is 1. The average Bonchev–Trinajstić information content (AvgIpc) is 2.81. The molecule has 174 valence electrons. The lowest BCUT2D eigenvalue weighted by molar-refractivity contribution is -0.111. The van der Waals surface area contributed by atoms with Gasteiger partial charge in [-0.15, -0.1) is 0 Å². The average molecular weight is 478 g/mol. The molecule has 1 aliphatic heterocycles. The third-order valence-electron chi connectivity index (χ3n) is 5.81. The number of likely N-dealkylation sites (tertiary alicyclic amines) is 1. The first-order chi connectivity index (χ1) is 16.3. The fourth-order valence-electron chi connectivity index (χ4n) is 4.13. The molecule has 0 aliphatic carbocycles. The van der Waals surface area contributed by atoms with E-state index < -0.39 is 5.82 Å². The van der Waals surface area contributed by atoms with Crippen molar-refractivity contribution in [1.82, 2.24) is 14.9 Å². The van der Waals surface area contributed by atoms with Gasteiger partial charge in [-0.05, 0) is 63.7 Å². The number of nitrogens with one attached hydrogen (secondary N) is 2. The highest BCUT2D eigenvalue weighted by Gasteiger charge is 2.27. The van der Waals surface area contributed by atoms with E-state index in [-0.39, 0.29) is 22.0 Å². The number of rotatable bonds is 4. The Morgan fingerprint density at radius 3 is 2.91 bits per heavy atom. The van der Waals surface area contributed by atoms with E-state index in [0.29, 0.717) is 28.0 Å². The fourth-order valence-corrected chi connectivity index (χ4v) is 4.31. The molecule has 0 saturated carbocycles. The maximum Gasteiger partial charge on any atom is 0.247 e. The molecule has 2 N–H and O–H groups in total. The monoisotopic (exact) mass is 477 g/mol. The molecule has 0 radical (unpaired) electrons. The van der Waals surface area contributed by atoms with Crippen LogP contribution >= 0.6 is 11.6 Å². The minimum absolute atomic E-state index is 0.00158. The number of fused-ring (bicyclic) bond motifs is 1. The van der Waals surface area contributed by atoms with E-state index in [1.165, 1.54) is 18.5 Å². The van der Waals surface area contributed by atoms with Gasteiger partial charge in [0.15, 0.2) is 5.82 Å². The summed E-state index contributed by atoms with van der Waals surface area (Å²) in [5.41, 5.74) is 1.77. The van der Waals surface area contributed by atoms with Crippen LogP contribution in [0.15, 0.2) is 49.3 Å². The number of carbonyl (C=O) groups is 1. The second-order valence-corrected chi connectivity index (χ2v) is 9.12. The van der Waals surface area contributed by atoms with Crippen molar-refractivity contribution in [3.8, 4) is 11.8 Å². The van der Waals surface area contributed by atoms with Crippen LogP contribution in [0.4, 0.5) is 21.6 Å². The molecule has 34 heavy (non-hydrogen) atoms. The molecule has 2 aromatic carbocycles. The number of amides is 1. The van der Waals surface area contributed by atoms with Crippen molar-refractivity contribution >= 4 is 45.6 Å². The Kier molecular flexibility index (Phi) is 6.82. The minimum atomic E-state index is -0.579. The van der Waals surface area contributed by atoms with Crippen LogP contribution in [0, 0.1) is 23.1 Å². The molecule has 1 aliphatic rings. The molecular formula is C26H25ClFN5O. The molecule has 0 bridgehead atoms. The van der Waals surface area contributed by atoms with Crippen LogP contribution in [0.5, 0.6) is 0 Å². The van der Waals surface area contributed by atoms with Crippen LogP contribution in [0.25, 0.3) is 10.9 Å². The molecule has 1 fully saturated rings. The van der Waals surface area contributed by atoms with Gasteiger partial charge < -0.3 is 15.5 Å². The van der Waals surface area contributed by atoms with E-state index in [2.05, 4.69) is 57.9 Å². The molecule has 3 aromatic rings. The molecule has 8 heteroatoms. The van der Waals surface area contributed by atoms with Crippen molar-refractivity contribution < 1.29 is 9.18 Å². The standard InChI is InChI=1S/C26H25ClFN5O/c1-4-23(34)31-21-14-18-22(13-17(21)9-11-26(2)10-6-12-33(3)15-26)29-16-30-25(18)32-20-8-5-7-19(27)24(20)28/h4-5,7-8,13-14,16H,1,6,10,12,15H2,2-3H3,(H,31,34)(H,29,30,32). The number of aromatic nitrogens is 2. The van der Waals surface area contributed by atoms with E-state index in [0.717, 1.165) is 25.9 Å². The van der Waals surface area contributed by atoms with E-state index in [4.69, 9.17) is 11.6 Å². The highest BCUT2D eigenvalue weighted by atomic mass is 35.5. The van der Waals surface area contributed by atoms with Crippen molar-refractivity contribution in [3.05, 3.63) is 65.7 Å². The molecule has 1 saturated heterocycles. The molecule has 1 atom stereocenters. The van der Waals surface area contributed by atoms with E-state index >= 15 is 0 Å². The first-order valence-electron chi connectivity index (χ1n) is 10.9. The Labute approximate surface area is 203 Å². The topological polar surface area (TPSA) is 70.1 Å². The van der Waals surface area contributed by atoms with Crippen LogP contribution in [-0.2, 0) is 4.79 Å². The molecule has 1 aromatic heterocycles. The maximum atomic E-state index is 14.5. The molecule has 0 spiro atoms. The molecule has 1 amide bonds. The highest BCUT2D eigenvalue weighted by molar-refractivity contribution is 6.31. The molecule has 2 heterocycles. The van der Waals surface area contributed by atoms with Crippen LogP contribution in [0.3, 0.4) is 0 Å². The number of benzene rings is 2. The van der Waals surface area contributed by atoms with Crippen molar-refractivity contribution in [2.24, 2.45) is 5.41 Å². The lowest BCUT2D eigenvalue weighted by atomic mass is 9.82. The summed E-state index contributed by atoms with van der Waals surface area (Å²) in [5.74, 6) is 6.12. The van der Waals surface area contributed by atoms with E-state index in [1.54, 1.807) is 24.3 Å². The van der Waals surface area contributed by atoms with Crippen LogP contribution in [0.1, 0.15) is 25.3 Å². The summed E-state index contributed by atoms with van der Waals surface area (Å²) in [6.45, 7) is 7.63. The summed E-state index contributed by atoms with van der Waals surface area (Å²) in [5, 5.41) is 6.40. The zero-order valence-corrected chi connectivity index (χ0v) is 19.8. The predicted octanol–water partition coefficient (Wildman–Crippen LogP) is 5.37. The van der Waals surface area contributed by atoms with Crippen LogP contribution in [0.2, 0.25) is 5.02 Å². The Bertz CT molecular complexity index is 1330. The normalized spacial score (nSPS) is 18.1. The number of anilines is 3. The summed E-state index contributed by atoms with van der Waals surface area (Å²) < 4.78 is 14.5. The van der Waals surface area contributed by atoms with Crippen molar-refractivity contribution in [1.29, 1.82) is 0 Å². The quantitative estimate of drug-likeness (QED) is 0.390. The number of halogens is 2. The van der Waals surface area contributed by atoms with Crippen molar-refractivity contribution in [3.63, 3.8) is 0 Å². The molecule has 4 rings (SSSR count). The lowest BCUT2D eigenvalue weighted by Gasteiger charge is -2.34. The molecule has 1 unspecified atom stereocenters. The van der Waals surface area contributed by atoms with Gasteiger partial charge in [0.1, 0.15) is 12.1 Å². The predicted molar refractivity (Wildman–Crippen MR) is 135 cm³/mol. The summed E-state index contributed by atoms with van der Waals surface area (Å²) in [6, 6.07) is 8.22. The highest BCUT2D eigenvalue weighted by Crippen LogP contribution is 2.32. The van der Waals surface area contributed by atoms with Crippen molar-refractivity contribution in [2.45, 2.75) is 19.8 Å². The van der Waals surface area contributed by atoms with Gasteiger partial charge in [0.2, 0.25) is 5.91 Å². The number of hydrogen-bond donors (Lipinski definition) is 2. The number of piperidine rings is 1. The third-order valence-corrected chi connectivity index (χ3v) is 6.10.